The third kappa shape index (κ3) is 3.08. The molecular formula is C17H22FN3O2. The normalized spacial score (nSPS) is 18.3. The van der Waals surface area contributed by atoms with Crippen LogP contribution in [0.5, 0.6) is 0 Å². The number of ether oxygens (including phenoxy) is 1. The summed E-state index contributed by atoms with van der Waals surface area (Å²) in [4.78, 5) is 18.5. The number of rotatable bonds is 4. The maximum absolute atomic E-state index is 14.6. The summed E-state index contributed by atoms with van der Waals surface area (Å²) in [6.07, 6.45) is 3.15. The first kappa shape index (κ1) is 15.9. The fourth-order valence-corrected chi connectivity index (χ4v) is 3.05. The van der Waals surface area contributed by atoms with Gasteiger partial charge in [-0.05, 0) is 45.2 Å². The third-order valence-corrected chi connectivity index (χ3v) is 4.35. The van der Waals surface area contributed by atoms with Gasteiger partial charge in [-0.1, -0.05) is 6.07 Å². The Morgan fingerprint density at radius 1 is 1.48 bits per heavy atom. The minimum absolute atomic E-state index is 0.0366. The molecule has 0 saturated carbocycles. The molecule has 1 amide bonds. The van der Waals surface area contributed by atoms with Gasteiger partial charge in [-0.15, -0.1) is 0 Å². The van der Waals surface area contributed by atoms with Crippen molar-refractivity contribution in [3.63, 3.8) is 0 Å². The van der Waals surface area contributed by atoms with Gasteiger partial charge in [0.2, 0.25) is 5.95 Å². The topological polar surface area (TPSA) is 46.8 Å². The summed E-state index contributed by atoms with van der Waals surface area (Å²) in [6, 6.07) is 5.30. The van der Waals surface area contributed by atoms with Crippen molar-refractivity contribution in [1.29, 1.82) is 0 Å². The van der Waals surface area contributed by atoms with Crippen LogP contribution in [0.2, 0.25) is 0 Å². The van der Waals surface area contributed by atoms with Crippen molar-refractivity contribution < 1.29 is 13.9 Å². The van der Waals surface area contributed by atoms with Crippen LogP contribution in [0.4, 0.5) is 4.39 Å². The number of halogens is 1. The van der Waals surface area contributed by atoms with Gasteiger partial charge in [-0.3, -0.25) is 9.20 Å². The number of hydrogen-bond donors (Lipinski definition) is 0. The molecule has 0 unspecified atom stereocenters. The van der Waals surface area contributed by atoms with Gasteiger partial charge in [-0.2, -0.15) is 4.39 Å². The number of aryl methyl sites for hydroxylation is 1. The number of amides is 1. The highest BCUT2D eigenvalue weighted by Gasteiger charge is 2.26. The molecule has 3 heterocycles. The fourth-order valence-electron chi connectivity index (χ4n) is 3.05. The SMILES string of the molecule is CCN(C[C@H]1CCCCO1)C(=O)c1nc2cccc(C)n2c1F. The number of fused-ring (bicyclic) bond motifs is 1. The summed E-state index contributed by atoms with van der Waals surface area (Å²) in [6.45, 7) is 5.41. The molecule has 0 spiro atoms. The predicted molar refractivity (Wildman–Crippen MR) is 85.1 cm³/mol. The Morgan fingerprint density at radius 2 is 2.30 bits per heavy atom. The molecule has 1 saturated heterocycles. The number of nitrogens with zero attached hydrogens (tertiary/aromatic N) is 3. The predicted octanol–water partition coefficient (Wildman–Crippen LogP) is 2.81. The number of imidazole rings is 1. The van der Waals surface area contributed by atoms with Crippen LogP contribution >= 0.6 is 0 Å². The molecular weight excluding hydrogens is 297 g/mol. The van der Waals surface area contributed by atoms with Gasteiger partial charge >= 0.3 is 0 Å². The molecule has 23 heavy (non-hydrogen) atoms. The van der Waals surface area contributed by atoms with Gasteiger partial charge in [0.15, 0.2) is 5.69 Å². The van der Waals surface area contributed by atoms with Gasteiger partial charge in [0.05, 0.1) is 6.10 Å². The van der Waals surface area contributed by atoms with Gasteiger partial charge in [0.25, 0.3) is 5.91 Å². The van der Waals surface area contributed by atoms with E-state index in [0.717, 1.165) is 25.9 Å². The highest BCUT2D eigenvalue weighted by atomic mass is 19.1. The molecule has 2 aromatic rings. The van der Waals surface area contributed by atoms with Crippen molar-refractivity contribution in [2.24, 2.45) is 0 Å². The summed E-state index contributed by atoms with van der Waals surface area (Å²) >= 11 is 0. The average molecular weight is 319 g/mol. The van der Waals surface area contributed by atoms with Gasteiger partial charge in [-0.25, -0.2) is 4.98 Å². The number of carbonyl (C=O) groups is 1. The van der Waals surface area contributed by atoms with Crippen molar-refractivity contribution in [1.82, 2.24) is 14.3 Å². The molecule has 5 nitrogen and oxygen atoms in total. The molecule has 1 aliphatic heterocycles. The first-order chi connectivity index (χ1) is 11.1. The molecule has 0 aromatic carbocycles. The van der Waals surface area contributed by atoms with E-state index >= 15 is 0 Å². The monoisotopic (exact) mass is 319 g/mol. The Bertz CT molecular complexity index is 707. The molecule has 6 heteroatoms. The first-order valence-electron chi connectivity index (χ1n) is 8.16. The van der Waals surface area contributed by atoms with E-state index < -0.39 is 5.95 Å². The molecule has 1 fully saturated rings. The maximum Gasteiger partial charge on any atom is 0.277 e. The number of aromatic nitrogens is 2. The number of likely N-dealkylation sites (N-methyl/N-ethyl adjacent to an activating group) is 1. The average Bonchev–Trinajstić information content (AvgIpc) is 2.91. The zero-order valence-electron chi connectivity index (χ0n) is 13.6. The van der Waals surface area contributed by atoms with Crippen LogP contribution in [0, 0.1) is 12.9 Å². The fraction of sp³-hybridized carbons (Fsp3) is 0.529. The molecule has 124 valence electrons. The van der Waals surface area contributed by atoms with Crippen LogP contribution in [0.1, 0.15) is 42.4 Å². The van der Waals surface area contributed by atoms with E-state index in [2.05, 4.69) is 4.98 Å². The number of pyridine rings is 1. The van der Waals surface area contributed by atoms with E-state index in [0.29, 0.717) is 24.4 Å². The van der Waals surface area contributed by atoms with E-state index in [1.165, 1.54) is 4.40 Å². The van der Waals surface area contributed by atoms with Crippen LogP contribution < -0.4 is 0 Å². The van der Waals surface area contributed by atoms with Crippen molar-refractivity contribution >= 4 is 11.6 Å². The molecule has 0 radical (unpaired) electrons. The van der Waals surface area contributed by atoms with Crippen molar-refractivity contribution in [2.45, 2.75) is 39.2 Å². The molecule has 0 N–H and O–H groups in total. The zero-order chi connectivity index (χ0) is 16.4. The van der Waals surface area contributed by atoms with Crippen LogP contribution in [0.15, 0.2) is 18.2 Å². The molecule has 2 aromatic heterocycles. The van der Waals surface area contributed by atoms with E-state index in [1.807, 2.05) is 6.92 Å². The van der Waals surface area contributed by atoms with Gasteiger partial charge < -0.3 is 9.64 Å². The second kappa shape index (κ2) is 6.66. The van der Waals surface area contributed by atoms with Crippen LogP contribution in [0.3, 0.4) is 0 Å². The van der Waals surface area contributed by atoms with Crippen LogP contribution in [-0.4, -0.2) is 46.0 Å². The summed E-state index contributed by atoms with van der Waals surface area (Å²) < 4.78 is 21.7. The molecule has 0 aliphatic carbocycles. The molecule has 1 atom stereocenters. The summed E-state index contributed by atoms with van der Waals surface area (Å²) in [7, 11) is 0. The lowest BCUT2D eigenvalue weighted by atomic mass is 10.1. The highest BCUT2D eigenvalue weighted by molar-refractivity contribution is 5.93. The lowest BCUT2D eigenvalue weighted by Gasteiger charge is -2.28. The standard InChI is InChI=1S/C17H22FN3O2/c1-3-20(11-13-8-4-5-10-23-13)17(22)15-16(18)21-12(2)7-6-9-14(21)19-15/h6-7,9,13H,3-5,8,10-11H2,1-2H3/t13-/m1/s1. The summed E-state index contributed by atoms with van der Waals surface area (Å²) in [5, 5.41) is 0. The Morgan fingerprint density at radius 3 is 2.96 bits per heavy atom. The quantitative estimate of drug-likeness (QED) is 0.870. The minimum atomic E-state index is -0.592. The Kier molecular flexibility index (Phi) is 4.61. The van der Waals surface area contributed by atoms with E-state index in [9.17, 15) is 9.18 Å². The maximum atomic E-state index is 14.6. The largest absolute Gasteiger partial charge is 0.376 e. The Hall–Kier alpha value is -1.95. The third-order valence-electron chi connectivity index (χ3n) is 4.35. The van der Waals surface area contributed by atoms with Crippen molar-refractivity contribution in [3.8, 4) is 0 Å². The zero-order valence-corrected chi connectivity index (χ0v) is 13.6. The van der Waals surface area contributed by atoms with Crippen LogP contribution in [0.25, 0.3) is 5.65 Å². The lowest BCUT2D eigenvalue weighted by molar-refractivity contribution is -0.00332. The van der Waals surface area contributed by atoms with Crippen molar-refractivity contribution in [3.05, 3.63) is 35.5 Å². The highest BCUT2D eigenvalue weighted by Crippen LogP contribution is 2.18. The summed E-state index contributed by atoms with van der Waals surface area (Å²) in [5.41, 5.74) is 1.05. The number of carbonyl (C=O) groups excluding carboxylic acids is 1. The van der Waals surface area contributed by atoms with Gasteiger partial charge in [0.1, 0.15) is 5.65 Å². The lowest BCUT2D eigenvalue weighted by Crippen LogP contribution is -2.40. The molecule has 0 bridgehead atoms. The second-order valence-corrected chi connectivity index (χ2v) is 5.94. The Balaban J connectivity index is 1.85. The molecule has 3 rings (SSSR count). The van der Waals surface area contributed by atoms with Crippen LogP contribution in [-0.2, 0) is 4.74 Å². The Labute approximate surface area is 135 Å². The minimum Gasteiger partial charge on any atom is -0.376 e. The first-order valence-corrected chi connectivity index (χ1v) is 8.16. The van der Waals surface area contributed by atoms with E-state index in [1.54, 1.807) is 30.0 Å². The number of hydrogen-bond acceptors (Lipinski definition) is 3. The van der Waals surface area contributed by atoms with Crippen molar-refractivity contribution in [2.75, 3.05) is 19.7 Å². The van der Waals surface area contributed by atoms with Gasteiger partial charge in [0, 0.05) is 25.4 Å². The molecule has 1 aliphatic rings. The second-order valence-electron chi connectivity index (χ2n) is 5.94. The summed E-state index contributed by atoms with van der Waals surface area (Å²) in [5.74, 6) is -0.964. The van der Waals surface area contributed by atoms with E-state index in [-0.39, 0.29) is 17.7 Å². The van der Waals surface area contributed by atoms with E-state index in [4.69, 9.17) is 4.74 Å². The smallest absolute Gasteiger partial charge is 0.277 e.